The van der Waals surface area contributed by atoms with Crippen molar-refractivity contribution in [1.29, 1.82) is 0 Å². The molecule has 2 atom stereocenters. The van der Waals surface area contributed by atoms with E-state index in [-0.39, 0.29) is 24.7 Å². The highest BCUT2D eigenvalue weighted by molar-refractivity contribution is 6.02. The molecule has 1 saturated carbocycles. The predicted octanol–water partition coefficient (Wildman–Crippen LogP) is 3.24. The van der Waals surface area contributed by atoms with E-state index in [1.807, 2.05) is 43.6 Å². The average Bonchev–Trinajstić information content (AvgIpc) is 3.22. The summed E-state index contributed by atoms with van der Waals surface area (Å²) in [6.07, 6.45) is 3.25. The molecule has 1 amide bonds. The number of likely N-dealkylation sites (tertiary alicyclic amines) is 1. The van der Waals surface area contributed by atoms with Crippen molar-refractivity contribution in [3.05, 3.63) is 48.9 Å². The van der Waals surface area contributed by atoms with Gasteiger partial charge in [0, 0.05) is 43.5 Å². The zero-order valence-electron chi connectivity index (χ0n) is 19.9. The number of hydrogen-bond acceptors (Lipinski definition) is 7. The molecule has 3 aromatic heterocycles. The molecule has 11 heteroatoms. The zero-order chi connectivity index (χ0) is 25.2. The van der Waals surface area contributed by atoms with Crippen molar-refractivity contribution in [1.82, 2.24) is 29.6 Å². The van der Waals surface area contributed by atoms with Crippen molar-refractivity contribution < 1.29 is 18.3 Å². The van der Waals surface area contributed by atoms with Crippen molar-refractivity contribution in [3.8, 4) is 28.3 Å². The van der Waals surface area contributed by atoms with Crippen LogP contribution in [-0.2, 0) is 11.8 Å². The molecular formula is C25H23F2N7O2. The predicted molar refractivity (Wildman–Crippen MR) is 129 cm³/mol. The van der Waals surface area contributed by atoms with Gasteiger partial charge in [-0.3, -0.25) is 9.48 Å². The molecule has 4 heterocycles. The van der Waals surface area contributed by atoms with E-state index in [4.69, 9.17) is 4.74 Å². The number of halogens is 2. The summed E-state index contributed by atoms with van der Waals surface area (Å²) in [5.74, 6) is -4.57. The van der Waals surface area contributed by atoms with Crippen LogP contribution >= 0.6 is 0 Å². The molecule has 1 aromatic carbocycles. The summed E-state index contributed by atoms with van der Waals surface area (Å²) in [5.41, 5.74) is 1.92. The molecule has 0 spiro atoms. The molecule has 184 valence electrons. The number of nitrogens with zero attached hydrogens (tertiary/aromatic N) is 6. The minimum atomic E-state index is -3.05. The van der Waals surface area contributed by atoms with E-state index >= 15 is 0 Å². The Morgan fingerprint density at radius 1 is 1.17 bits per heavy atom. The van der Waals surface area contributed by atoms with Crippen molar-refractivity contribution in [2.24, 2.45) is 18.4 Å². The number of methoxy groups -OCH3 is 1. The minimum absolute atomic E-state index is 0.0170. The number of carbonyl (C=O) groups is 1. The molecule has 1 aliphatic carbocycles. The summed E-state index contributed by atoms with van der Waals surface area (Å²) < 4.78 is 36.3. The second-order valence-corrected chi connectivity index (χ2v) is 9.36. The highest BCUT2D eigenvalue weighted by Crippen LogP contribution is 2.69. The highest BCUT2D eigenvalue weighted by Gasteiger charge is 2.87. The van der Waals surface area contributed by atoms with Gasteiger partial charge in [-0.25, -0.2) is 23.7 Å². The van der Waals surface area contributed by atoms with E-state index in [0.717, 1.165) is 11.1 Å². The number of pyridine rings is 1. The van der Waals surface area contributed by atoms with Crippen LogP contribution in [-0.4, -0.2) is 68.7 Å². The Bertz CT molecular complexity index is 1510. The van der Waals surface area contributed by atoms with Gasteiger partial charge in [0.1, 0.15) is 28.6 Å². The molecule has 1 aliphatic heterocycles. The Kier molecular flexibility index (Phi) is 4.84. The van der Waals surface area contributed by atoms with E-state index < -0.39 is 23.2 Å². The lowest BCUT2D eigenvalue weighted by molar-refractivity contribution is -0.125. The lowest BCUT2D eigenvalue weighted by atomic mass is 10.0. The first-order valence-corrected chi connectivity index (χ1v) is 11.4. The van der Waals surface area contributed by atoms with Crippen LogP contribution in [0.1, 0.15) is 0 Å². The van der Waals surface area contributed by atoms with Crippen molar-refractivity contribution >= 4 is 22.8 Å². The lowest BCUT2D eigenvalue weighted by Crippen LogP contribution is -2.36. The molecule has 0 unspecified atom stereocenters. The number of aromatic nitrogens is 5. The Morgan fingerprint density at radius 3 is 2.67 bits per heavy atom. The minimum Gasteiger partial charge on any atom is -0.493 e. The number of piperidine rings is 1. The van der Waals surface area contributed by atoms with Crippen LogP contribution in [0.3, 0.4) is 0 Å². The van der Waals surface area contributed by atoms with Crippen LogP contribution in [0, 0.1) is 11.3 Å². The highest BCUT2D eigenvalue weighted by atomic mass is 19.3. The number of aryl methyl sites for hydroxylation is 1. The maximum absolute atomic E-state index is 14.6. The van der Waals surface area contributed by atoms with E-state index in [2.05, 4.69) is 25.4 Å². The quantitative estimate of drug-likeness (QED) is 0.458. The third-order valence-corrected chi connectivity index (χ3v) is 7.12. The number of anilines is 1. The topological polar surface area (TPSA) is 98.1 Å². The van der Waals surface area contributed by atoms with Crippen molar-refractivity contribution in [2.75, 3.05) is 32.6 Å². The Hall–Kier alpha value is -3.99. The summed E-state index contributed by atoms with van der Waals surface area (Å²) in [5, 5.41) is 7.23. The van der Waals surface area contributed by atoms with Crippen LogP contribution < -0.4 is 10.1 Å². The second-order valence-electron chi connectivity index (χ2n) is 9.36. The first-order chi connectivity index (χ1) is 17.3. The second kappa shape index (κ2) is 7.76. The molecule has 36 heavy (non-hydrogen) atoms. The van der Waals surface area contributed by atoms with Crippen LogP contribution in [0.25, 0.3) is 33.5 Å². The SMILES string of the molecule is COc1cc2ncnc(-c3cn(C)nc3-c3ccccc3)c2nc1NC(=O)[C@]12CN(C)C[C@H]1C2(F)F. The van der Waals surface area contributed by atoms with E-state index in [9.17, 15) is 13.6 Å². The molecular weight excluding hydrogens is 468 g/mol. The van der Waals surface area contributed by atoms with Gasteiger partial charge in [-0.1, -0.05) is 30.3 Å². The lowest BCUT2D eigenvalue weighted by Gasteiger charge is -2.19. The molecule has 0 radical (unpaired) electrons. The maximum Gasteiger partial charge on any atom is 0.269 e. The molecule has 2 aliphatic rings. The van der Waals surface area contributed by atoms with Gasteiger partial charge < -0.3 is 15.0 Å². The van der Waals surface area contributed by atoms with Crippen LogP contribution in [0.2, 0.25) is 0 Å². The number of hydrogen-bond donors (Lipinski definition) is 1. The summed E-state index contributed by atoms with van der Waals surface area (Å²) in [7, 11) is 4.96. The fraction of sp³-hybridized carbons (Fsp3) is 0.320. The molecule has 4 aromatic rings. The van der Waals surface area contributed by atoms with Crippen LogP contribution in [0.5, 0.6) is 5.75 Å². The molecule has 9 nitrogen and oxygen atoms in total. The normalized spacial score (nSPS) is 22.4. The number of amides is 1. The fourth-order valence-electron chi connectivity index (χ4n) is 5.30. The third-order valence-electron chi connectivity index (χ3n) is 7.12. The largest absolute Gasteiger partial charge is 0.493 e. The Morgan fingerprint density at radius 2 is 1.94 bits per heavy atom. The molecule has 2 fully saturated rings. The molecule has 1 N–H and O–H groups in total. The van der Waals surface area contributed by atoms with Gasteiger partial charge in [0.25, 0.3) is 5.92 Å². The molecule has 1 saturated heterocycles. The van der Waals surface area contributed by atoms with Gasteiger partial charge in [0.2, 0.25) is 5.91 Å². The van der Waals surface area contributed by atoms with Crippen molar-refractivity contribution in [2.45, 2.75) is 5.92 Å². The van der Waals surface area contributed by atoms with Crippen LogP contribution in [0.15, 0.2) is 48.9 Å². The Labute approximate surface area is 205 Å². The van der Waals surface area contributed by atoms with Gasteiger partial charge in [0.05, 0.1) is 18.5 Å². The van der Waals surface area contributed by atoms with Gasteiger partial charge in [-0.15, -0.1) is 0 Å². The maximum atomic E-state index is 14.6. The zero-order valence-corrected chi connectivity index (χ0v) is 19.9. The smallest absolute Gasteiger partial charge is 0.269 e. The van der Waals surface area contributed by atoms with Crippen LogP contribution in [0.4, 0.5) is 14.6 Å². The van der Waals surface area contributed by atoms with Gasteiger partial charge in [-0.05, 0) is 7.05 Å². The number of nitrogens with one attached hydrogen (secondary N) is 1. The van der Waals surface area contributed by atoms with E-state index in [1.165, 1.54) is 13.4 Å². The summed E-state index contributed by atoms with van der Waals surface area (Å²) in [4.78, 5) is 28.3. The first-order valence-electron chi connectivity index (χ1n) is 11.4. The number of carbonyl (C=O) groups excluding carboxylic acids is 1. The number of rotatable bonds is 5. The first kappa shape index (κ1) is 22.5. The molecule has 6 rings (SSSR count). The van der Waals surface area contributed by atoms with Crippen molar-refractivity contribution in [3.63, 3.8) is 0 Å². The average molecular weight is 492 g/mol. The van der Waals surface area contributed by atoms with Gasteiger partial charge >= 0.3 is 0 Å². The number of benzene rings is 1. The van der Waals surface area contributed by atoms with E-state index in [1.54, 1.807) is 22.7 Å². The molecule has 0 bridgehead atoms. The summed E-state index contributed by atoms with van der Waals surface area (Å²) in [6, 6.07) is 11.3. The number of fused-ring (bicyclic) bond motifs is 2. The van der Waals surface area contributed by atoms with Gasteiger partial charge in [0.15, 0.2) is 11.6 Å². The third kappa shape index (κ3) is 3.12. The van der Waals surface area contributed by atoms with Gasteiger partial charge in [-0.2, -0.15) is 5.10 Å². The summed E-state index contributed by atoms with van der Waals surface area (Å²) in [6.45, 7) is 0.154. The number of ether oxygens (including phenoxy) is 1. The Balaban J connectivity index is 1.45. The van der Waals surface area contributed by atoms with E-state index in [0.29, 0.717) is 22.4 Å². The standard InChI is InChI=1S/C25H23F2N7O2/c1-33-11-18-24(12-33,25(18,26)27)23(35)31-22-17(36-3)9-16-21(30-22)20(29-13-28-16)15-10-34(2)32-19(15)14-7-5-4-6-8-14/h4-10,13,18H,11-12H2,1-3H3,(H,30,31,35)/t18-,24+/m1/s1. The monoisotopic (exact) mass is 491 g/mol. The number of alkyl halides is 2. The fourth-order valence-corrected chi connectivity index (χ4v) is 5.30. The summed E-state index contributed by atoms with van der Waals surface area (Å²) >= 11 is 0.